The van der Waals surface area contributed by atoms with Crippen molar-refractivity contribution in [3.63, 3.8) is 0 Å². The zero-order valence-electron chi connectivity index (χ0n) is 11.3. The van der Waals surface area contributed by atoms with E-state index in [2.05, 4.69) is 9.64 Å². The standard InChI is InChI=1S/C14H17Cl2NO3/c1-19-14(18)7-11-9-17(4-5-20-11)8-10-2-3-12(15)13(16)6-10/h2-3,6,11H,4-5,7-9H2,1H3. The molecule has 1 fully saturated rings. The zero-order valence-corrected chi connectivity index (χ0v) is 12.8. The molecular weight excluding hydrogens is 301 g/mol. The topological polar surface area (TPSA) is 38.8 Å². The minimum Gasteiger partial charge on any atom is -0.469 e. The minimum absolute atomic E-state index is 0.112. The Labute approximate surface area is 128 Å². The molecule has 0 radical (unpaired) electrons. The normalized spacial score (nSPS) is 19.9. The average Bonchev–Trinajstić information content (AvgIpc) is 2.43. The lowest BCUT2D eigenvalue weighted by Gasteiger charge is -2.32. The van der Waals surface area contributed by atoms with Crippen LogP contribution in [0.4, 0.5) is 0 Å². The first kappa shape index (κ1) is 15.6. The van der Waals surface area contributed by atoms with Crippen molar-refractivity contribution in [3.8, 4) is 0 Å². The molecule has 1 aromatic rings. The third-order valence-corrected chi connectivity index (χ3v) is 3.97. The van der Waals surface area contributed by atoms with Gasteiger partial charge in [-0.1, -0.05) is 29.3 Å². The van der Waals surface area contributed by atoms with E-state index in [9.17, 15) is 4.79 Å². The Morgan fingerprint density at radius 3 is 2.95 bits per heavy atom. The van der Waals surface area contributed by atoms with E-state index in [0.29, 0.717) is 23.2 Å². The van der Waals surface area contributed by atoms with E-state index in [1.165, 1.54) is 7.11 Å². The van der Waals surface area contributed by atoms with Crippen molar-refractivity contribution in [1.29, 1.82) is 0 Å². The van der Waals surface area contributed by atoms with Crippen molar-refractivity contribution in [2.45, 2.75) is 19.1 Å². The fourth-order valence-corrected chi connectivity index (χ4v) is 2.53. The fourth-order valence-electron chi connectivity index (χ4n) is 2.21. The highest BCUT2D eigenvalue weighted by atomic mass is 35.5. The monoisotopic (exact) mass is 317 g/mol. The van der Waals surface area contributed by atoms with Crippen LogP contribution in [0.25, 0.3) is 0 Å². The second-order valence-corrected chi connectivity index (χ2v) is 5.57. The lowest BCUT2D eigenvalue weighted by molar-refractivity contribution is -0.145. The molecule has 1 unspecified atom stereocenters. The van der Waals surface area contributed by atoms with Crippen LogP contribution in [0.2, 0.25) is 10.0 Å². The van der Waals surface area contributed by atoms with E-state index >= 15 is 0 Å². The van der Waals surface area contributed by atoms with E-state index in [0.717, 1.165) is 18.7 Å². The number of ether oxygens (including phenoxy) is 2. The molecule has 4 nitrogen and oxygen atoms in total. The second kappa shape index (κ2) is 7.27. The summed E-state index contributed by atoms with van der Waals surface area (Å²) in [6.45, 7) is 2.91. The van der Waals surface area contributed by atoms with E-state index in [-0.39, 0.29) is 18.5 Å². The summed E-state index contributed by atoms with van der Waals surface area (Å²) in [6, 6.07) is 5.62. The molecule has 1 atom stereocenters. The first-order valence-electron chi connectivity index (χ1n) is 6.43. The fraction of sp³-hybridized carbons (Fsp3) is 0.500. The number of esters is 1. The van der Waals surface area contributed by atoms with Crippen molar-refractivity contribution in [1.82, 2.24) is 4.90 Å². The van der Waals surface area contributed by atoms with Crippen molar-refractivity contribution in [3.05, 3.63) is 33.8 Å². The molecule has 1 saturated heterocycles. The zero-order chi connectivity index (χ0) is 14.5. The Hall–Kier alpha value is -0.810. The molecule has 0 bridgehead atoms. The predicted molar refractivity (Wildman–Crippen MR) is 78.1 cm³/mol. The van der Waals surface area contributed by atoms with Gasteiger partial charge in [-0.2, -0.15) is 0 Å². The van der Waals surface area contributed by atoms with Crippen LogP contribution in [0.3, 0.4) is 0 Å². The number of nitrogens with zero attached hydrogens (tertiary/aromatic N) is 1. The number of methoxy groups -OCH3 is 1. The molecule has 1 aliphatic rings. The number of carbonyl (C=O) groups excluding carboxylic acids is 1. The smallest absolute Gasteiger partial charge is 0.308 e. The Kier molecular flexibility index (Phi) is 5.66. The number of hydrogen-bond acceptors (Lipinski definition) is 4. The Balaban J connectivity index is 1.92. The maximum absolute atomic E-state index is 11.3. The van der Waals surface area contributed by atoms with E-state index in [1.807, 2.05) is 12.1 Å². The maximum atomic E-state index is 11.3. The molecule has 1 aliphatic heterocycles. The summed E-state index contributed by atoms with van der Waals surface area (Å²) in [5.41, 5.74) is 1.10. The summed E-state index contributed by atoms with van der Waals surface area (Å²) in [4.78, 5) is 13.5. The van der Waals surface area contributed by atoms with Crippen molar-refractivity contribution in [2.75, 3.05) is 26.8 Å². The third-order valence-electron chi connectivity index (χ3n) is 3.24. The molecule has 0 spiro atoms. The highest BCUT2D eigenvalue weighted by molar-refractivity contribution is 6.42. The Morgan fingerprint density at radius 2 is 2.25 bits per heavy atom. The number of rotatable bonds is 4. The first-order chi connectivity index (χ1) is 9.58. The quantitative estimate of drug-likeness (QED) is 0.800. The molecular formula is C14H17Cl2NO3. The maximum Gasteiger partial charge on any atom is 0.308 e. The van der Waals surface area contributed by atoms with Gasteiger partial charge in [-0.3, -0.25) is 9.69 Å². The van der Waals surface area contributed by atoms with Crippen LogP contribution in [-0.4, -0.2) is 43.8 Å². The van der Waals surface area contributed by atoms with Gasteiger partial charge in [-0.25, -0.2) is 0 Å². The minimum atomic E-state index is -0.244. The molecule has 0 amide bonds. The summed E-state index contributed by atoms with van der Waals surface area (Å²) in [5.74, 6) is -0.244. The van der Waals surface area contributed by atoms with Gasteiger partial charge < -0.3 is 9.47 Å². The number of carbonyl (C=O) groups is 1. The van der Waals surface area contributed by atoms with Gasteiger partial charge in [0.25, 0.3) is 0 Å². The first-order valence-corrected chi connectivity index (χ1v) is 7.19. The Morgan fingerprint density at radius 1 is 1.45 bits per heavy atom. The largest absolute Gasteiger partial charge is 0.469 e. The predicted octanol–water partition coefficient (Wildman–Crippen LogP) is 2.76. The van der Waals surface area contributed by atoms with Crippen LogP contribution in [-0.2, 0) is 20.8 Å². The third kappa shape index (κ3) is 4.35. The van der Waals surface area contributed by atoms with Crippen LogP contribution >= 0.6 is 23.2 Å². The van der Waals surface area contributed by atoms with Gasteiger partial charge in [0.05, 0.1) is 36.3 Å². The number of halogens is 2. The highest BCUT2D eigenvalue weighted by Gasteiger charge is 2.23. The van der Waals surface area contributed by atoms with Crippen LogP contribution in [0.15, 0.2) is 18.2 Å². The van der Waals surface area contributed by atoms with Gasteiger partial charge >= 0.3 is 5.97 Å². The number of benzene rings is 1. The summed E-state index contributed by atoms with van der Waals surface area (Å²) in [7, 11) is 1.39. The van der Waals surface area contributed by atoms with Crippen LogP contribution < -0.4 is 0 Å². The van der Waals surface area contributed by atoms with Crippen molar-refractivity contribution in [2.24, 2.45) is 0 Å². The van der Waals surface area contributed by atoms with Crippen LogP contribution in [0, 0.1) is 0 Å². The molecule has 0 aliphatic carbocycles. The lowest BCUT2D eigenvalue weighted by Crippen LogP contribution is -2.42. The van der Waals surface area contributed by atoms with Gasteiger partial charge in [0.15, 0.2) is 0 Å². The number of hydrogen-bond donors (Lipinski definition) is 0. The van der Waals surface area contributed by atoms with Crippen molar-refractivity contribution < 1.29 is 14.3 Å². The SMILES string of the molecule is COC(=O)CC1CN(Cc2ccc(Cl)c(Cl)c2)CCO1. The van der Waals surface area contributed by atoms with E-state index in [4.69, 9.17) is 27.9 Å². The van der Waals surface area contributed by atoms with Gasteiger partial charge in [-0.15, -0.1) is 0 Å². The summed E-state index contributed by atoms with van der Waals surface area (Å²) >= 11 is 11.9. The molecule has 1 heterocycles. The summed E-state index contributed by atoms with van der Waals surface area (Å²) in [5, 5.41) is 1.12. The molecule has 2 rings (SSSR count). The molecule has 0 saturated carbocycles. The van der Waals surface area contributed by atoms with Gasteiger partial charge in [-0.05, 0) is 17.7 Å². The van der Waals surface area contributed by atoms with Crippen LogP contribution in [0.5, 0.6) is 0 Å². The lowest BCUT2D eigenvalue weighted by atomic mass is 10.1. The van der Waals surface area contributed by atoms with Crippen molar-refractivity contribution >= 4 is 29.2 Å². The van der Waals surface area contributed by atoms with E-state index in [1.54, 1.807) is 6.07 Å². The van der Waals surface area contributed by atoms with Gasteiger partial charge in [0.1, 0.15) is 0 Å². The molecule has 0 aromatic heterocycles. The molecule has 0 N–H and O–H groups in total. The van der Waals surface area contributed by atoms with Gasteiger partial charge in [0, 0.05) is 19.6 Å². The number of morpholine rings is 1. The van der Waals surface area contributed by atoms with Crippen LogP contribution in [0.1, 0.15) is 12.0 Å². The average molecular weight is 318 g/mol. The van der Waals surface area contributed by atoms with Gasteiger partial charge in [0.2, 0.25) is 0 Å². The second-order valence-electron chi connectivity index (χ2n) is 4.76. The summed E-state index contributed by atoms with van der Waals surface area (Å²) in [6.07, 6.45) is 0.174. The molecule has 20 heavy (non-hydrogen) atoms. The molecule has 110 valence electrons. The molecule has 1 aromatic carbocycles. The highest BCUT2D eigenvalue weighted by Crippen LogP contribution is 2.23. The van der Waals surface area contributed by atoms with E-state index < -0.39 is 0 Å². The summed E-state index contributed by atoms with van der Waals surface area (Å²) < 4.78 is 10.2. The molecule has 6 heteroatoms. The Bertz CT molecular complexity index is 481.